The van der Waals surface area contributed by atoms with Gasteiger partial charge in [0, 0.05) is 12.5 Å². The van der Waals surface area contributed by atoms with Gasteiger partial charge in [-0.1, -0.05) is 6.92 Å². The molecule has 2 unspecified atom stereocenters. The lowest BCUT2D eigenvalue weighted by molar-refractivity contribution is 0.118. The molecular formula is C7H15NO2. The Hall–Kier alpha value is -0.120. The number of aliphatic hydroxyl groups is 1. The monoisotopic (exact) mass is 145 g/mol. The van der Waals surface area contributed by atoms with Crippen LogP contribution >= 0.6 is 0 Å². The zero-order valence-corrected chi connectivity index (χ0v) is 6.34. The molecule has 1 heterocycles. The molecule has 1 aliphatic rings. The first-order valence-electron chi connectivity index (χ1n) is 3.81. The molecule has 1 rings (SSSR count). The van der Waals surface area contributed by atoms with Gasteiger partial charge < -0.3 is 15.2 Å². The van der Waals surface area contributed by atoms with Crippen molar-refractivity contribution < 1.29 is 9.84 Å². The highest BCUT2D eigenvalue weighted by atomic mass is 16.5. The van der Waals surface area contributed by atoms with E-state index in [2.05, 4.69) is 12.2 Å². The summed E-state index contributed by atoms with van der Waals surface area (Å²) in [5.74, 6) is 0.306. The van der Waals surface area contributed by atoms with Crippen molar-refractivity contribution in [2.75, 3.05) is 26.3 Å². The normalized spacial score (nSPS) is 33.0. The fourth-order valence-electron chi connectivity index (χ4n) is 1.11. The van der Waals surface area contributed by atoms with E-state index in [1.807, 2.05) is 0 Å². The first kappa shape index (κ1) is 7.98. The van der Waals surface area contributed by atoms with Gasteiger partial charge in [0.2, 0.25) is 0 Å². The van der Waals surface area contributed by atoms with E-state index in [1.165, 1.54) is 0 Å². The van der Waals surface area contributed by atoms with Crippen LogP contribution in [0.15, 0.2) is 0 Å². The minimum atomic E-state index is -0.251. The van der Waals surface area contributed by atoms with E-state index >= 15 is 0 Å². The van der Waals surface area contributed by atoms with Gasteiger partial charge in [-0.3, -0.25) is 0 Å². The Morgan fingerprint density at radius 2 is 2.40 bits per heavy atom. The smallest absolute Gasteiger partial charge is 0.0835 e. The Balaban J connectivity index is 2.14. The Bertz CT molecular complexity index is 97.6. The molecule has 0 aliphatic carbocycles. The lowest BCUT2D eigenvalue weighted by atomic mass is 10.1. The average molecular weight is 145 g/mol. The summed E-state index contributed by atoms with van der Waals surface area (Å²) < 4.78 is 5.08. The number of aliphatic hydroxyl groups excluding tert-OH is 1. The molecule has 0 aromatic carbocycles. The van der Waals surface area contributed by atoms with Gasteiger partial charge in [-0.15, -0.1) is 0 Å². The quantitative estimate of drug-likeness (QED) is 0.568. The Morgan fingerprint density at radius 3 is 2.90 bits per heavy atom. The summed E-state index contributed by atoms with van der Waals surface area (Å²) >= 11 is 0. The van der Waals surface area contributed by atoms with Crippen LogP contribution in [0, 0.1) is 5.92 Å². The predicted octanol–water partition coefficient (Wildman–Crippen LogP) is -0.397. The van der Waals surface area contributed by atoms with Gasteiger partial charge in [0.25, 0.3) is 0 Å². The second kappa shape index (κ2) is 3.91. The highest BCUT2D eigenvalue weighted by Crippen LogP contribution is 2.11. The lowest BCUT2D eigenvalue weighted by Gasteiger charge is -2.11. The molecule has 0 amide bonds. The van der Waals surface area contributed by atoms with Crippen molar-refractivity contribution in [2.24, 2.45) is 5.92 Å². The van der Waals surface area contributed by atoms with E-state index in [9.17, 15) is 5.11 Å². The Labute approximate surface area is 61.4 Å². The number of hydrogen-bond acceptors (Lipinski definition) is 3. The van der Waals surface area contributed by atoms with Crippen LogP contribution in [0.25, 0.3) is 0 Å². The van der Waals surface area contributed by atoms with Gasteiger partial charge in [0.1, 0.15) is 0 Å². The Morgan fingerprint density at radius 1 is 1.60 bits per heavy atom. The number of ether oxygens (including phenoxy) is 1. The predicted molar refractivity (Wildman–Crippen MR) is 38.9 cm³/mol. The molecule has 10 heavy (non-hydrogen) atoms. The first-order valence-corrected chi connectivity index (χ1v) is 3.81. The van der Waals surface area contributed by atoms with Crippen molar-refractivity contribution in [3.63, 3.8) is 0 Å². The lowest BCUT2D eigenvalue weighted by Crippen LogP contribution is -2.30. The van der Waals surface area contributed by atoms with Gasteiger partial charge in [0.05, 0.1) is 19.3 Å². The van der Waals surface area contributed by atoms with E-state index in [0.717, 1.165) is 13.1 Å². The molecular weight excluding hydrogens is 130 g/mol. The van der Waals surface area contributed by atoms with Gasteiger partial charge in [-0.05, 0) is 6.54 Å². The molecule has 60 valence electrons. The standard InChI is InChI=1S/C7H15NO2/c1-2-8-3-6-4-10-5-7(6)9/h6-9H,2-5H2,1H3. The summed E-state index contributed by atoms with van der Waals surface area (Å²) in [6.45, 7) is 5.10. The SMILES string of the molecule is CCNCC1COCC1O. The van der Waals surface area contributed by atoms with Crippen LogP contribution in [-0.2, 0) is 4.74 Å². The molecule has 2 N–H and O–H groups in total. The average Bonchev–Trinajstić information content (AvgIpc) is 2.31. The maximum atomic E-state index is 9.25. The third kappa shape index (κ3) is 1.94. The minimum absolute atomic E-state index is 0.251. The first-order chi connectivity index (χ1) is 4.84. The van der Waals surface area contributed by atoms with Crippen molar-refractivity contribution in [3.05, 3.63) is 0 Å². The topological polar surface area (TPSA) is 41.5 Å². The second-order valence-electron chi connectivity index (χ2n) is 2.67. The molecule has 0 radical (unpaired) electrons. The van der Waals surface area contributed by atoms with Crippen LogP contribution in [0.3, 0.4) is 0 Å². The minimum Gasteiger partial charge on any atom is -0.390 e. The Kier molecular flexibility index (Phi) is 3.12. The fourth-order valence-corrected chi connectivity index (χ4v) is 1.11. The van der Waals surface area contributed by atoms with Crippen molar-refractivity contribution >= 4 is 0 Å². The molecule has 3 nitrogen and oxygen atoms in total. The number of rotatable bonds is 3. The third-order valence-electron chi connectivity index (χ3n) is 1.82. The summed E-state index contributed by atoms with van der Waals surface area (Å²) in [5, 5.41) is 12.4. The van der Waals surface area contributed by atoms with Crippen molar-refractivity contribution in [3.8, 4) is 0 Å². The molecule has 0 spiro atoms. The van der Waals surface area contributed by atoms with Crippen LogP contribution < -0.4 is 5.32 Å². The van der Waals surface area contributed by atoms with Crippen molar-refractivity contribution in [2.45, 2.75) is 13.0 Å². The van der Waals surface area contributed by atoms with Crippen LogP contribution in [0.2, 0.25) is 0 Å². The van der Waals surface area contributed by atoms with E-state index in [0.29, 0.717) is 19.1 Å². The van der Waals surface area contributed by atoms with E-state index in [1.54, 1.807) is 0 Å². The van der Waals surface area contributed by atoms with E-state index in [4.69, 9.17) is 4.74 Å². The van der Waals surface area contributed by atoms with Gasteiger partial charge >= 0.3 is 0 Å². The highest BCUT2D eigenvalue weighted by Gasteiger charge is 2.24. The summed E-state index contributed by atoms with van der Waals surface area (Å²) in [6.07, 6.45) is -0.251. The van der Waals surface area contributed by atoms with Crippen LogP contribution in [0.4, 0.5) is 0 Å². The van der Waals surface area contributed by atoms with E-state index < -0.39 is 0 Å². The van der Waals surface area contributed by atoms with Gasteiger partial charge in [0.15, 0.2) is 0 Å². The van der Waals surface area contributed by atoms with Gasteiger partial charge in [-0.2, -0.15) is 0 Å². The zero-order chi connectivity index (χ0) is 7.40. The largest absolute Gasteiger partial charge is 0.390 e. The second-order valence-corrected chi connectivity index (χ2v) is 2.67. The summed E-state index contributed by atoms with van der Waals surface area (Å²) in [4.78, 5) is 0. The van der Waals surface area contributed by atoms with Crippen molar-refractivity contribution in [1.82, 2.24) is 5.32 Å². The summed E-state index contributed by atoms with van der Waals surface area (Å²) in [6, 6.07) is 0. The number of nitrogens with one attached hydrogen (secondary N) is 1. The summed E-state index contributed by atoms with van der Waals surface area (Å²) in [7, 11) is 0. The third-order valence-corrected chi connectivity index (χ3v) is 1.82. The number of hydrogen-bond donors (Lipinski definition) is 2. The highest BCUT2D eigenvalue weighted by molar-refractivity contribution is 4.75. The summed E-state index contributed by atoms with van der Waals surface area (Å²) in [5.41, 5.74) is 0. The zero-order valence-electron chi connectivity index (χ0n) is 6.34. The molecule has 0 aromatic heterocycles. The molecule has 1 saturated heterocycles. The van der Waals surface area contributed by atoms with Crippen LogP contribution in [0.1, 0.15) is 6.92 Å². The van der Waals surface area contributed by atoms with Gasteiger partial charge in [-0.25, -0.2) is 0 Å². The fraction of sp³-hybridized carbons (Fsp3) is 1.00. The van der Waals surface area contributed by atoms with Crippen LogP contribution in [0.5, 0.6) is 0 Å². The molecule has 1 aliphatic heterocycles. The maximum Gasteiger partial charge on any atom is 0.0835 e. The maximum absolute atomic E-state index is 9.25. The molecule has 0 bridgehead atoms. The molecule has 2 atom stereocenters. The molecule has 0 aromatic rings. The van der Waals surface area contributed by atoms with Crippen LogP contribution in [-0.4, -0.2) is 37.5 Å². The molecule has 1 fully saturated rings. The van der Waals surface area contributed by atoms with E-state index in [-0.39, 0.29) is 6.10 Å². The molecule has 3 heteroatoms. The molecule has 0 saturated carbocycles. The van der Waals surface area contributed by atoms with Crippen molar-refractivity contribution in [1.29, 1.82) is 0 Å².